The van der Waals surface area contributed by atoms with E-state index in [1.54, 1.807) is 12.1 Å². The lowest BCUT2D eigenvalue weighted by molar-refractivity contribution is 0.0945. The van der Waals surface area contributed by atoms with Crippen LogP contribution < -0.4 is 10.2 Å². The number of nitrogens with one attached hydrogen (secondary N) is 1. The first-order valence-electron chi connectivity index (χ1n) is 8.84. The van der Waals surface area contributed by atoms with E-state index in [-0.39, 0.29) is 5.91 Å². The molecule has 6 heteroatoms. The van der Waals surface area contributed by atoms with Crippen molar-refractivity contribution in [1.82, 2.24) is 10.3 Å². The molecule has 2 aromatic carbocycles. The zero-order chi connectivity index (χ0) is 17.9. The third-order valence-corrected chi connectivity index (χ3v) is 5.17. The summed E-state index contributed by atoms with van der Waals surface area (Å²) in [5, 5.41) is 3.49. The van der Waals surface area contributed by atoms with Crippen LogP contribution in [0.2, 0.25) is 5.02 Å². The molecule has 1 fully saturated rings. The van der Waals surface area contributed by atoms with Crippen LogP contribution in [0.25, 0.3) is 11.1 Å². The van der Waals surface area contributed by atoms with E-state index in [1.807, 2.05) is 36.4 Å². The number of carbonyl (C=O) groups excluding carboxylic acids is 1. The van der Waals surface area contributed by atoms with Gasteiger partial charge in [-0.1, -0.05) is 35.9 Å². The zero-order valence-corrected chi connectivity index (χ0v) is 15.1. The van der Waals surface area contributed by atoms with E-state index >= 15 is 0 Å². The number of aromatic nitrogens is 1. The molecular formula is C20H20ClN3O2. The molecule has 2 heterocycles. The van der Waals surface area contributed by atoms with Gasteiger partial charge >= 0.3 is 0 Å². The Bertz CT molecular complexity index is 883. The van der Waals surface area contributed by atoms with Crippen LogP contribution in [0.3, 0.4) is 0 Å². The second-order valence-electron chi connectivity index (χ2n) is 6.58. The van der Waals surface area contributed by atoms with Crippen LogP contribution in [0.5, 0.6) is 0 Å². The minimum absolute atomic E-state index is 0.114. The number of hydrogen-bond donors (Lipinski definition) is 1. The van der Waals surface area contributed by atoms with E-state index in [0.717, 1.165) is 37.0 Å². The summed E-state index contributed by atoms with van der Waals surface area (Å²) in [5.41, 5.74) is 2.23. The zero-order valence-electron chi connectivity index (χ0n) is 14.3. The van der Waals surface area contributed by atoms with Crippen LogP contribution in [0.15, 0.2) is 52.9 Å². The number of oxazole rings is 1. The van der Waals surface area contributed by atoms with Crippen molar-refractivity contribution in [3.63, 3.8) is 0 Å². The predicted octanol–water partition coefficient (Wildman–Crippen LogP) is 4.13. The highest BCUT2D eigenvalue weighted by Crippen LogP contribution is 2.26. The van der Waals surface area contributed by atoms with Crippen LogP contribution in [0, 0.1) is 5.92 Å². The van der Waals surface area contributed by atoms with Crippen molar-refractivity contribution in [2.24, 2.45) is 5.92 Å². The molecule has 1 aliphatic heterocycles. The molecule has 0 spiro atoms. The lowest BCUT2D eigenvalue weighted by Crippen LogP contribution is -2.38. The van der Waals surface area contributed by atoms with Crippen LogP contribution in [0.4, 0.5) is 6.01 Å². The first-order chi connectivity index (χ1) is 12.7. The van der Waals surface area contributed by atoms with Gasteiger partial charge in [0, 0.05) is 19.6 Å². The molecular weight excluding hydrogens is 350 g/mol. The quantitative estimate of drug-likeness (QED) is 0.751. The number of nitrogens with zero attached hydrogens (tertiary/aromatic N) is 2. The number of anilines is 1. The second kappa shape index (κ2) is 7.38. The number of rotatable bonds is 4. The number of halogens is 1. The first-order valence-corrected chi connectivity index (χ1v) is 9.22. The van der Waals surface area contributed by atoms with E-state index in [9.17, 15) is 4.79 Å². The van der Waals surface area contributed by atoms with Gasteiger partial charge < -0.3 is 14.6 Å². The largest absolute Gasteiger partial charge is 0.423 e. The number of amides is 1. The van der Waals surface area contributed by atoms with Gasteiger partial charge in [0.15, 0.2) is 5.58 Å². The minimum atomic E-state index is -0.114. The molecule has 4 rings (SSSR count). The minimum Gasteiger partial charge on any atom is -0.423 e. The molecule has 5 nitrogen and oxygen atoms in total. The Morgan fingerprint density at radius 2 is 1.88 bits per heavy atom. The number of carbonyl (C=O) groups is 1. The molecule has 0 unspecified atom stereocenters. The molecule has 134 valence electrons. The fourth-order valence-electron chi connectivity index (χ4n) is 3.30. The predicted molar refractivity (Wildman–Crippen MR) is 103 cm³/mol. The molecule has 3 aromatic rings. The summed E-state index contributed by atoms with van der Waals surface area (Å²) in [6.07, 6.45) is 1.98. The molecule has 1 N–H and O–H groups in total. The first kappa shape index (κ1) is 16.9. The number of fused-ring (bicyclic) bond motifs is 1. The average molecular weight is 370 g/mol. The summed E-state index contributed by atoms with van der Waals surface area (Å²) in [6, 6.07) is 15.6. The van der Waals surface area contributed by atoms with Gasteiger partial charge in [0.05, 0.1) is 10.6 Å². The lowest BCUT2D eigenvalue weighted by atomic mass is 9.97. The van der Waals surface area contributed by atoms with Gasteiger partial charge in [-0.2, -0.15) is 4.98 Å². The topological polar surface area (TPSA) is 58.4 Å². The van der Waals surface area contributed by atoms with Gasteiger partial charge in [-0.05, 0) is 43.0 Å². The Kier molecular flexibility index (Phi) is 4.80. The molecule has 1 amide bonds. The molecule has 0 bridgehead atoms. The number of hydrogen-bond acceptors (Lipinski definition) is 4. The third-order valence-electron chi connectivity index (χ3n) is 4.84. The molecule has 0 atom stereocenters. The normalized spacial score (nSPS) is 15.3. The molecule has 1 aliphatic rings. The van der Waals surface area contributed by atoms with Crippen molar-refractivity contribution < 1.29 is 9.21 Å². The molecule has 0 saturated carbocycles. The monoisotopic (exact) mass is 369 g/mol. The fourth-order valence-corrected chi connectivity index (χ4v) is 3.52. The highest BCUT2D eigenvalue weighted by molar-refractivity contribution is 6.33. The molecule has 0 aliphatic carbocycles. The highest BCUT2D eigenvalue weighted by Gasteiger charge is 2.23. The summed E-state index contributed by atoms with van der Waals surface area (Å²) in [4.78, 5) is 19.0. The van der Waals surface area contributed by atoms with Gasteiger partial charge in [-0.15, -0.1) is 0 Å². The van der Waals surface area contributed by atoms with E-state index in [1.165, 1.54) is 0 Å². The van der Waals surface area contributed by atoms with Crippen LogP contribution >= 0.6 is 11.6 Å². The summed E-state index contributed by atoms with van der Waals surface area (Å²) >= 11 is 6.08. The third kappa shape index (κ3) is 3.53. The highest BCUT2D eigenvalue weighted by atomic mass is 35.5. The SMILES string of the molecule is O=C(NCC1CCN(c2nc3ccccc3o2)CC1)c1ccccc1Cl. The van der Waals surface area contributed by atoms with Gasteiger partial charge in [0.25, 0.3) is 11.9 Å². The number of para-hydroxylation sites is 2. The maximum absolute atomic E-state index is 12.3. The maximum atomic E-state index is 12.3. The molecule has 1 aromatic heterocycles. The molecule has 26 heavy (non-hydrogen) atoms. The van der Waals surface area contributed by atoms with E-state index in [4.69, 9.17) is 16.0 Å². The van der Waals surface area contributed by atoms with E-state index in [2.05, 4.69) is 15.2 Å². The van der Waals surface area contributed by atoms with E-state index in [0.29, 0.717) is 29.1 Å². The van der Waals surface area contributed by atoms with E-state index < -0.39 is 0 Å². The number of benzene rings is 2. The van der Waals surface area contributed by atoms with Crippen molar-refractivity contribution in [3.05, 3.63) is 59.1 Å². The summed E-state index contributed by atoms with van der Waals surface area (Å²) in [6.45, 7) is 2.41. The Labute approximate surface area is 157 Å². The summed E-state index contributed by atoms with van der Waals surface area (Å²) in [5.74, 6) is 0.332. The Hall–Kier alpha value is -2.53. The smallest absolute Gasteiger partial charge is 0.298 e. The van der Waals surface area contributed by atoms with Crippen LogP contribution in [-0.2, 0) is 0 Å². The average Bonchev–Trinajstić information content (AvgIpc) is 3.11. The lowest BCUT2D eigenvalue weighted by Gasteiger charge is -2.30. The van der Waals surface area contributed by atoms with Gasteiger partial charge in [0.1, 0.15) is 5.52 Å². The fraction of sp³-hybridized carbons (Fsp3) is 0.300. The maximum Gasteiger partial charge on any atom is 0.298 e. The van der Waals surface area contributed by atoms with Crippen molar-refractivity contribution in [2.45, 2.75) is 12.8 Å². The second-order valence-corrected chi connectivity index (χ2v) is 6.99. The Morgan fingerprint density at radius 1 is 1.15 bits per heavy atom. The summed E-state index contributed by atoms with van der Waals surface area (Å²) in [7, 11) is 0. The van der Waals surface area contributed by atoms with Crippen molar-refractivity contribution in [1.29, 1.82) is 0 Å². The van der Waals surface area contributed by atoms with Gasteiger partial charge in [-0.3, -0.25) is 4.79 Å². The Morgan fingerprint density at radius 3 is 2.65 bits per heavy atom. The van der Waals surface area contributed by atoms with Crippen LogP contribution in [0.1, 0.15) is 23.2 Å². The Balaban J connectivity index is 1.31. The number of piperidine rings is 1. The van der Waals surface area contributed by atoms with Gasteiger partial charge in [0.2, 0.25) is 0 Å². The molecule has 0 radical (unpaired) electrons. The summed E-state index contributed by atoms with van der Waals surface area (Å²) < 4.78 is 5.84. The van der Waals surface area contributed by atoms with Crippen molar-refractivity contribution in [3.8, 4) is 0 Å². The van der Waals surface area contributed by atoms with Crippen molar-refractivity contribution in [2.75, 3.05) is 24.5 Å². The molecule has 1 saturated heterocycles. The van der Waals surface area contributed by atoms with Gasteiger partial charge in [-0.25, -0.2) is 0 Å². The standard InChI is InChI=1S/C20H20ClN3O2/c21-16-6-2-1-5-15(16)19(25)22-13-14-9-11-24(12-10-14)20-23-17-7-3-4-8-18(17)26-20/h1-8,14H,9-13H2,(H,22,25). The van der Waals surface area contributed by atoms with Crippen molar-refractivity contribution >= 4 is 34.6 Å². The van der Waals surface area contributed by atoms with Crippen LogP contribution in [-0.4, -0.2) is 30.5 Å².